The fourth-order valence-electron chi connectivity index (χ4n) is 3.87. The van der Waals surface area contributed by atoms with Gasteiger partial charge in [-0.15, -0.1) is 10.2 Å². The minimum atomic E-state index is -0.640. The molecule has 0 spiro atoms. The summed E-state index contributed by atoms with van der Waals surface area (Å²) < 4.78 is 12.6. The maximum Gasteiger partial charge on any atom is 0.408 e. The Labute approximate surface area is 212 Å². The van der Waals surface area contributed by atoms with E-state index in [1.165, 1.54) is 11.8 Å². The average Bonchev–Trinajstić information content (AvgIpc) is 3.26. The number of hydrogen-bond donors (Lipinski definition) is 2. The number of ether oxygens (including phenoxy) is 2. The van der Waals surface area contributed by atoms with Crippen LogP contribution in [0.15, 0.2) is 58.8 Å². The highest BCUT2D eigenvalue weighted by molar-refractivity contribution is 7.99. The molecule has 2 aliphatic heterocycles. The van der Waals surface area contributed by atoms with E-state index in [4.69, 9.17) is 14.6 Å². The summed E-state index contributed by atoms with van der Waals surface area (Å²) in [5.41, 5.74) is 2.62. The monoisotopic (exact) mass is 506 g/mol. The van der Waals surface area contributed by atoms with E-state index in [2.05, 4.69) is 20.8 Å². The molecule has 5 rings (SSSR count). The number of alkyl carbamates (subject to hydrolysis) is 1. The molecule has 0 bridgehead atoms. The molecule has 36 heavy (non-hydrogen) atoms. The second-order valence-corrected chi connectivity index (χ2v) is 10.4. The van der Waals surface area contributed by atoms with Crippen LogP contribution >= 0.6 is 11.8 Å². The summed E-state index contributed by atoms with van der Waals surface area (Å²) in [6.45, 7) is 5.45. The Kier molecular flexibility index (Phi) is 6.40. The first-order chi connectivity index (χ1) is 17.2. The predicted molar refractivity (Wildman–Crippen MR) is 136 cm³/mol. The lowest BCUT2D eigenvalue weighted by atomic mass is 10.1. The molecular weight excluding hydrogens is 480 g/mol. The van der Waals surface area contributed by atoms with E-state index in [9.17, 15) is 9.59 Å². The number of fused-ring (bicyclic) bond motifs is 2. The number of amides is 2. The van der Waals surface area contributed by atoms with Crippen LogP contribution in [0.25, 0.3) is 0 Å². The molecule has 1 unspecified atom stereocenters. The number of nitrogens with one attached hydrogen (secondary N) is 2. The van der Waals surface area contributed by atoms with Crippen LogP contribution in [0.2, 0.25) is 0 Å². The van der Waals surface area contributed by atoms with Crippen molar-refractivity contribution >= 4 is 35.2 Å². The molecule has 0 aliphatic carbocycles. The Morgan fingerprint density at radius 2 is 2.03 bits per heavy atom. The average molecular weight is 507 g/mol. The zero-order chi connectivity index (χ0) is 25.3. The lowest BCUT2D eigenvalue weighted by Gasteiger charge is -2.24. The molecule has 2 aliphatic rings. The molecular formula is C25H26N6O4S. The maximum atomic E-state index is 12.7. The van der Waals surface area contributed by atoms with Crippen molar-refractivity contribution in [3.05, 3.63) is 65.5 Å². The van der Waals surface area contributed by atoms with Crippen molar-refractivity contribution in [2.24, 2.45) is 5.10 Å². The fraction of sp³-hybridized carbons (Fsp3) is 0.320. The molecule has 2 aromatic carbocycles. The van der Waals surface area contributed by atoms with Crippen molar-refractivity contribution in [1.29, 1.82) is 0 Å². The van der Waals surface area contributed by atoms with Crippen LogP contribution in [-0.4, -0.2) is 50.5 Å². The number of nitrogens with zero attached hydrogens (tertiary/aromatic N) is 4. The van der Waals surface area contributed by atoms with Gasteiger partial charge < -0.3 is 20.1 Å². The van der Waals surface area contributed by atoms with Gasteiger partial charge in [0.15, 0.2) is 12.4 Å². The Bertz CT molecular complexity index is 1330. The second kappa shape index (κ2) is 9.65. The van der Waals surface area contributed by atoms with Gasteiger partial charge in [-0.2, -0.15) is 9.78 Å². The summed E-state index contributed by atoms with van der Waals surface area (Å²) in [5.74, 6) is 1.51. The Hall–Kier alpha value is -3.86. The van der Waals surface area contributed by atoms with Gasteiger partial charge in [0, 0.05) is 17.7 Å². The number of anilines is 1. The van der Waals surface area contributed by atoms with Gasteiger partial charge >= 0.3 is 6.09 Å². The van der Waals surface area contributed by atoms with Gasteiger partial charge in [-0.25, -0.2) is 4.79 Å². The smallest absolute Gasteiger partial charge is 0.408 e. The van der Waals surface area contributed by atoms with E-state index < -0.39 is 17.7 Å². The highest BCUT2D eigenvalue weighted by atomic mass is 32.2. The molecule has 1 atom stereocenters. The molecule has 186 valence electrons. The fourth-order valence-corrected chi connectivity index (χ4v) is 4.72. The molecule has 0 fully saturated rings. The van der Waals surface area contributed by atoms with E-state index >= 15 is 0 Å². The van der Waals surface area contributed by atoms with Gasteiger partial charge in [-0.1, -0.05) is 42.1 Å². The Balaban J connectivity index is 1.47. The molecule has 0 radical (unpaired) electrons. The minimum absolute atomic E-state index is 0.00399. The van der Waals surface area contributed by atoms with Crippen molar-refractivity contribution < 1.29 is 19.1 Å². The first-order valence-corrected chi connectivity index (χ1v) is 12.5. The normalized spacial score (nSPS) is 15.5. The minimum Gasteiger partial charge on any atom is -0.482 e. The largest absolute Gasteiger partial charge is 0.482 e. The number of aromatic nitrogens is 3. The van der Waals surface area contributed by atoms with E-state index in [0.717, 1.165) is 16.8 Å². The van der Waals surface area contributed by atoms with Crippen molar-refractivity contribution in [2.75, 3.05) is 17.7 Å². The highest BCUT2D eigenvalue weighted by Gasteiger charge is 2.29. The van der Waals surface area contributed by atoms with Gasteiger partial charge in [-0.3, -0.25) is 4.79 Å². The van der Waals surface area contributed by atoms with E-state index in [-0.39, 0.29) is 12.5 Å². The van der Waals surface area contributed by atoms with Crippen molar-refractivity contribution in [2.45, 2.75) is 44.0 Å². The van der Waals surface area contributed by atoms with E-state index in [1.807, 2.05) is 69.3 Å². The molecule has 0 saturated carbocycles. The van der Waals surface area contributed by atoms with Gasteiger partial charge in [0.05, 0.1) is 17.4 Å². The molecule has 3 aromatic rings. The Morgan fingerprint density at radius 1 is 1.22 bits per heavy atom. The van der Waals surface area contributed by atoms with Gasteiger partial charge in [0.25, 0.3) is 5.91 Å². The van der Waals surface area contributed by atoms with E-state index in [0.29, 0.717) is 34.6 Å². The predicted octanol–water partition coefficient (Wildman–Crippen LogP) is 3.78. The summed E-state index contributed by atoms with van der Waals surface area (Å²) in [7, 11) is 0. The standard InChI is InChI=1S/C25H26N6O4S/c1-25(2,3)35-24(33)27-18(11-15-7-5-4-6-8-15)22-28-29-23-31(22)30-19(14-36-23)16-9-10-20-17(12-16)26-21(32)13-34-20/h4-10,12,18H,11,13-14H2,1-3H3,(H,26,32)(H,27,33). The molecule has 2 amide bonds. The number of benzene rings is 2. The first-order valence-electron chi connectivity index (χ1n) is 11.5. The molecule has 1 aromatic heterocycles. The quantitative estimate of drug-likeness (QED) is 0.540. The molecule has 3 heterocycles. The number of carbonyl (C=O) groups excluding carboxylic acids is 2. The first kappa shape index (κ1) is 23.9. The molecule has 2 N–H and O–H groups in total. The van der Waals surface area contributed by atoms with Gasteiger partial charge in [0.1, 0.15) is 11.4 Å². The summed E-state index contributed by atoms with van der Waals surface area (Å²) >= 11 is 1.50. The third-order valence-electron chi connectivity index (χ3n) is 5.43. The van der Waals surface area contributed by atoms with Crippen LogP contribution < -0.4 is 15.4 Å². The van der Waals surface area contributed by atoms with Crippen LogP contribution in [0, 0.1) is 0 Å². The van der Waals surface area contributed by atoms with E-state index in [1.54, 1.807) is 4.68 Å². The lowest BCUT2D eigenvalue weighted by molar-refractivity contribution is -0.118. The van der Waals surface area contributed by atoms with Crippen LogP contribution in [0.3, 0.4) is 0 Å². The van der Waals surface area contributed by atoms with Gasteiger partial charge in [-0.05, 0) is 44.5 Å². The summed E-state index contributed by atoms with van der Waals surface area (Å²) in [4.78, 5) is 24.4. The third-order valence-corrected chi connectivity index (χ3v) is 6.36. The molecule has 10 nitrogen and oxygen atoms in total. The Morgan fingerprint density at radius 3 is 2.81 bits per heavy atom. The molecule has 11 heteroatoms. The number of hydrogen-bond acceptors (Lipinski definition) is 8. The van der Waals surface area contributed by atoms with Crippen molar-refractivity contribution in [1.82, 2.24) is 20.2 Å². The number of carbonyl (C=O) groups is 2. The van der Waals surface area contributed by atoms with Gasteiger partial charge in [0.2, 0.25) is 5.16 Å². The lowest BCUT2D eigenvalue weighted by Crippen LogP contribution is -2.37. The SMILES string of the molecule is CC(C)(C)OC(=O)NC(Cc1ccccc1)c1nnc2n1N=C(c1ccc3c(c1)NC(=O)CO3)CS2. The van der Waals surface area contributed by atoms with Crippen LogP contribution in [0.1, 0.15) is 43.8 Å². The van der Waals surface area contributed by atoms with Crippen molar-refractivity contribution in [3.8, 4) is 5.75 Å². The molecule has 0 saturated heterocycles. The third kappa shape index (κ3) is 5.35. The number of rotatable bonds is 5. The van der Waals surface area contributed by atoms with Crippen LogP contribution in [0.4, 0.5) is 10.5 Å². The second-order valence-electron chi connectivity index (χ2n) is 9.42. The zero-order valence-electron chi connectivity index (χ0n) is 20.1. The van der Waals surface area contributed by atoms with Crippen molar-refractivity contribution in [3.63, 3.8) is 0 Å². The maximum absolute atomic E-state index is 12.7. The van der Waals surface area contributed by atoms with Crippen LogP contribution in [0.5, 0.6) is 5.75 Å². The summed E-state index contributed by atoms with van der Waals surface area (Å²) in [6, 6.07) is 14.9. The zero-order valence-corrected chi connectivity index (χ0v) is 21.0. The topological polar surface area (TPSA) is 120 Å². The summed E-state index contributed by atoms with van der Waals surface area (Å²) in [6.07, 6.45) is -0.0606. The number of thioether (sulfide) groups is 1. The summed E-state index contributed by atoms with van der Waals surface area (Å²) in [5, 5.41) is 19.9. The highest BCUT2D eigenvalue weighted by Crippen LogP contribution is 2.32. The van der Waals surface area contributed by atoms with Crippen LogP contribution in [-0.2, 0) is 16.0 Å².